The van der Waals surface area contributed by atoms with Gasteiger partial charge in [-0.3, -0.25) is 0 Å². The number of benzene rings is 4. The SMILES string of the molecule is C=CCN(C)CC1OC(c2cccc(NC(=O)Nc3ccc(Oc4ccccc4)cc3)c2)OC(c2ccc(CO)cc2)C1C. The number of para-hydroxylation sites is 1. The zero-order valence-electron chi connectivity index (χ0n) is 25.1. The first-order chi connectivity index (χ1) is 21.4. The van der Waals surface area contributed by atoms with Crippen molar-refractivity contribution in [2.45, 2.75) is 32.0 Å². The fourth-order valence-corrected chi connectivity index (χ4v) is 5.22. The first-order valence-corrected chi connectivity index (χ1v) is 14.7. The molecule has 1 aliphatic heterocycles. The lowest BCUT2D eigenvalue weighted by atomic mass is 9.90. The molecule has 4 atom stereocenters. The van der Waals surface area contributed by atoms with E-state index >= 15 is 0 Å². The first-order valence-electron chi connectivity index (χ1n) is 14.7. The van der Waals surface area contributed by atoms with Gasteiger partial charge in [-0.25, -0.2) is 4.79 Å². The van der Waals surface area contributed by atoms with Crippen LogP contribution in [-0.2, 0) is 16.1 Å². The molecule has 0 spiro atoms. The molecule has 0 saturated carbocycles. The number of ether oxygens (including phenoxy) is 3. The van der Waals surface area contributed by atoms with Crippen LogP contribution < -0.4 is 15.4 Å². The number of likely N-dealkylation sites (N-methyl/N-ethyl adjacent to an activating group) is 1. The van der Waals surface area contributed by atoms with Crippen LogP contribution in [0.1, 0.15) is 36.0 Å². The standard InChI is InChI=1S/C36H39N3O5/c1-4-21-39(3)23-33-25(2)34(27-15-13-26(24-40)14-16-27)44-35(43-33)28-9-8-10-30(22-28)38-36(41)37-29-17-19-32(20-18-29)42-31-11-6-5-7-12-31/h4-20,22,25,33-35,40H,1,21,23-24H2,2-3H3,(H2,37,38,41). The number of carbonyl (C=O) groups is 1. The summed E-state index contributed by atoms with van der Waals surface area (Å²) in [6.07, 6.45) is 0.893. The number of carbonyl (C=O) groups excluding carboxylic acids is 1. The predicted molar refractivity (Wildman–Crippen MR) is 173 cm³/mol. The minimum absolute atomic E-state index is 0.0105. The van der Waals surface area contributed by atoms with Gasteiger partial charge in [-0.2, -0.15) is 0 Å². The van der Waals surface area contributed by atoms with E-state index in [1.165, 1.54) is 0 Å². The Bertz CT molecular complexity index is 1510. The Balaban J connectivity index is 1.27. The van der Waals surface area contributed by atoms with Gasteiger partial charge >= 0.3 is 6.03 Å². The number of nitrogens with zero attached hydrogens (tertiary/aromatic N) is 1. The summed E-state index contributed by atoms with van der Waals surface area (Å²) in [5.41, 5.74) is 3.91. The lowest BCUT2D eigenvalue weighted by Crippen LogP contribution is -2.43. The number of hydrogen-bond donors (Lipinski definition) is 3. The number of aliphatic hydroxyl groups excluding tert-OH is 1. The molecule has 0 radical (unpaired) electrons. The van der Waals surface area contributed by atoms with Crippen molar-refractivity contribution in [1.82, 2.24) is 4.90 Å². The van der Waals surface area contributed by atoms with Gasteiger partial charge in [-0.15, -0.1) is 6.58 Å². The molecule has 4 aromatic carbocycles. The molecule has 1 aliphatic rings. The number of aliphatic hydroxyl groups is 1. The van der Waals surface area contributed by atoms with Crippen molar-refractivity contribution in [3.8, 4) is 11.5 Å². The van der Waals surface area contributed by atoms with E-state index in [0.29, 0.717) is 23.7 Å². The Morgan fingerprint density at radius 3 is 2.30 bits per heavy atom. The van der Waals surface area contributed by atoms with E-state index in [4.69, 9.17) is 14.2 Å². The minimum atomic E-state index is -0.641. The van der Waals surface area contributed by atoms with E-state index in [-0.39, 0.29) is 30.8 Å². The van der Waals surface area contributed by atoms with Gasteiger partial charge in [0.2, 0.25) is 0 Å². The maximum atomic E-state index is 12.9. The predicted octanol–water partition coefficient (Wildman–Crippen LogP) is 7.52. The number of urea groups is 1. The average molecular weight is 594 g/mol. The molecule has 0 aliphatic carbocycles. The summed E-state index contributed by atoms with van der Waals surface area (Å²) in [6, 6.07) is 31.7. The molecule has 4 unspecified atom stereocenters. The third kappa shape index (κ3) is 8.12. The second-order valence-electron chi connectivity index (χ2n) is 11.0. The summed E-state index contributed by atoms with van der Waals surface area (Å²) in [5, 5.41) is 15.3. The highest BCUT2D eigenvalue weighted by Crippen LogP contribution is 2.42. The van der Waals surface area contributed by atoms with Crippen molar-refractivity contribution in [2.24, 2.45) is 5.92 Å². The van der Waals surface area contributed by atoms with Crippen molar-refractivity contribution in [3.05, 3.63) is 132 Å². The van der Waals surface area contributed by atoms with Crippen molar-refractivity contribution in [2.75, 3.05) is 30.8 Å². The van der Waals surface area contributed by atoms with Crippen LogP contribution in [0.15, 0.2) is 116 Å². The van der Waals surface area contributed by atoms with Crippen LogP contribution >= 0.6 is 0 Å². The summed E-state index contributed by atoms with van der Waals surface area (Å²) in [7, 11) is 2.04. The molecule has 44 heavy (non-hydrogen) atoms. The normalized spacial score (nSPS) is 19.7. The number of anilines is 2. The maximum absolute atomic E-state index is 12.9. The van der Waals surface area contributed by atoms with Crippen molar-refractivity contribution < 1.29 is 24.1 Å². The Labute approximate surface area is 258 Å². The van der Waals surface area contributed by atoms with E-state index in [9.17, 15) is 9.90 Å². The topological polar surface area (TPSA) is 92.3 Å². The first kappa shape index (κ1) is 31.0. The van der Waals surface area contributed by atoms with Crippen LogP contribution in [0.5, 0.6) is 11.5 Å². The van der Waals surface area contributed by atoms with E-state index < -0.39 is 6.29 Å². The van der Waals surface area contributed by atoms with Gasteiger partial charge in [0.25, 0.3) is 0 Å². The molecule has 8 nitrogen and oxygen atoms in total. The van der Waals surface area contributed by atoms with Crippen LogP contribution in [0.4, 0.5) is 16.2 Å². The highest BCUT2D eigenvalue weighted by Gasteiger charge is 2.38. The lowest BCUT2D eigenvalue weighted by molar-refractivity contribution is -0.275. The molecule has 228 valence electrons. The molecule has 2 amide bonds. The van der Waals surface area contributed by atoms with E-state index in [2.05, 4.69) is 29.0 Å². The Morgan fingerprint density at radius 1 is 0.886 bits per heavy atom. The molecule has 1 saturated heterocycles. The van der Waals surface area contributed by atoms with Gasteiger partial charge in [-0.05, 0) is 66.7 Å². The summed E-state index contributed by atoms with van der Waals surface area (Å²) < 4.78 is 18.9. The van der Waals surface area contributed by atoms with Gasteiger partial charge in [0, 0.05) is 35.9 Å². The summed E-state index contributed by atoms with van der Waals surface area (Å²) in [5.74, 6) is 1.48. The zero-order chi connectivity index (χ0) is 30.9. The Kier molecular flexibility index (Phi) is 10.4. The number of amides is 2. The van der Waals surface area contributed by atoms with Crippen LogP contribution in [0.2, 0.25) is 0 Å². The second-order valence-corrected chi connectivity index (χ2v) is 11.0. The minimum Gasteiger partial charge on any atom is -0.457 e. The van der Waals surface area contributed by atoms with Crippen LogP contribution in [0, 0.1) is 5.92 Å². The highest BCUT2D eigenvalue weighted by molar-refractivity contribution is 5.99. The summed E-state index contributed by atoms with van der Waals surface area (Å²) >= 11 is 0. The van der Waals surface area contributed by atoms with Crippen LogP contribution in [-0.4, -0.2) is 42.3 Å². The third-order valence-corrected chi connectivity index (χ3v) is 7.56. The fraction of sp³-hybridized carbons (Fsp3) is 0.250. The molecular weight excluding hydrogens is 554 g/mol. The van der Waals surface area contributed by atoms with E-state index in [0.717, 1.165) is 29.0 Å². The largest absolute Gasteiger partial charge is 0.457 e. The number of hydrogen-bond acceptors (Lipinski definition) is 6. The van der Waals surface area contributed by atoms with E-state index in [1.807, 2.05) is 92.0 Å². The van der Waals surface area contributed by atoms with Gasteiger partial charge < -0.3 is 34.9 Å². The van der Waals surface area contributed by atoms with E-state index in [1.54, 1.807) is 24.3 Å². The number of rotatable bonds is 11. The maximum Gasteiger partial charge on any atom is 0.323 e. The molecule has 5 rings (SSSR count). The Hall–Kier alpha value is -4.47. The molecule has 1 fully saturated rings. The molecule has 8 heteroatoms. The smallest absolute Gasteiger partial charge is 0.323 e. The summed E-state index contributed by atoms with van der Waals surface area (Å²) in [6.45, 7) is 7.43. The van der Waals surface area contributed by atoms with Gasteiger partial charge in [-0.1, -0.05) is 67.6 Å². The number of nitrogens with one attached hydrogen (secondary N) is 2. The Morgan fingerprint density at radius 2 is 1.59 bits per heavy atom. The van der Waals surface area contributed by atoms with Gasteiger partial charge in [0.05, 0.1) is 18.8 Å². The average Bonchev–Trinajstić information content (AvgIpc) is 3.04. The lowest BCUT2D eigenvalue weighted by Gasteiger charge is -2.42. The molecule has 4 aromatic rings. The fourth-order valence-electron chi connectivity index (χ4n) is 5.22. The molecular formula is C36H39N3O5. The van der Waals surface area contributed by atoms with Crippen LogP contribution in [0.25, 0.3) is 0 Å². The van der Waals surface area contributed by atoms with Gasteiger partial charge in [0.15, 0.2) is 6.29 Å². The van der Waals surface area contributed by atoms with Crippen molar-refractivity contribution in [3.63, 3.8) is 0 Å². The second kappa shape index (κ2) is 14.8. The quantitative estimate of drug-likeness (QED) is 0.156. The van der Waals surface area contributed by atoms with Crippen molar-refractivity contribution in [1.29, 1.82) is 0 Å². The molecule has 3 N–H and O–H groups in total. The molecule has 0 aromatic heterocycles. The van der Waals surface area contributed by atoms with Crippen molar-refractivity contribution >= 4 is 17.4 Å². The third-order valence-electron chi connectivity index (χ3n) is 7.56. The van der Waals surface area contributed by atoms with Gasteiger partial charge in [0.1, 0.15) is 11.5 Å². The molecule has 1 heterocycles. The summed E-state index contributed by atoms with van der Waals surface area (Å²) in [4.78, 5) is 15.0. The molecule has 0 bridgehead atoms. The van der Waals surface area contributed by atoms with Crippen LogP contribution in [0.3, 0.4) is 0 Å². The highest BCUT2D eigenvalue weighted by atomic mass is 16.7. The monoisotopic (exact) mass is 593 g/mol. The zero-order valence-corrected chi connectivity index (χ0v) is 25.1.